The zero-order chi connectivity index (χ0) is 15.4. The molecule has 2 unspecified atom stereocenters. The SMILES string of the molecule is COCc1ccccc1NC(N)=NC1CC1C1CCCCC1. The summed E-state index contributed by atoms with van der Waals surface area (Å²) < 4.78 is 5.22. The molecule has 0 aromatic heterocycles. The van der Waals surface area contributed by atoms with Gasteiger partial charge in [0.2, 0.25) is 0 Å². The van der Waals surface area contributed by atoms with Crippen molar-refractivity contribution in [1.82, 2.24) is 0 Å². The summed E-state index contributed by atoms with van der Waals surface area (Å²) in [6, 6.07) is 8.50. The Morgan fingerprint density at radius 3 is 2.82 bits per heavy atom. The highest BCUT2D eigenvalue weighted by Crippen LogP contribution is 2.46. The second-order valence-electron chi connectivity index (χ2n) is 6.59. The maximum atomic E-state index is 6.10. The van der Waals surface area contributed by atoms with Crippen LogP contribution in [0.25, 0.3) is 0 Å². The predicted octanol–water partition coefficient (Wildman–Crippen LogP) is 3.53. The summed E-state index contributed by atoms with van der Waals surface area (Å²) in [5, 5.41) is 3.24. The van der Waals surface area contributed by atoms with Gasteiger partial charge in [-0.1, -0.05) is 50.3 Å². The molecule has 0 bridgehead atoms. The summed E-state index contributed by atoms with van der Waals surface area (Å²) in [4.78, 5) is 4.68. The van der Waals surface area contributed by atoms with Crippen LogP contribution in [-0.2, 0) is 11.3 Å². The van der Waals surface area contributed by atoms with Gasteiger partial charge in [-0.15, -0.1) is 0 Å². The van der Waals surface area contributed by atoms with Crippen molar-refractivity contribution >= 4 is 11.6 Å². The van der Waals surface area contributed by atoms with E-state index in [9.17, 15) is 0 Å². The number of para-hydroxylation sites is 1. The third kappa shape index (κ3) is 3.80. The number of nitrogens with one attached hydrogen (secondary N) is 1. The van der Waals surface area contributed by atoms with E-state index in [4.69, 9.17) is 10.5 Å². The van der Waals surface area contributed by atoms with E-state index in [0.717, 1.165) is 23.1 Å². The summed E-state index contributed by atoms with van der Waals surface area (Å²) in [6.07, 6.45) is 8.21. The topological polar surface area (TPSA) is 59.6 Å². The van der Waals surface area contributed by atoms with Crippen molar-refractivity contribution < 1.29 is 4.74 Å². The predicted molar refractivity (Wildman–Crippen MR) is 90.9 cm³/mol. The van der Waals surface area contributed by atoms with Gasteiger partial charge in [-0.25, -0.2) is 4.99 Å². The van der Waals surface area contributed by atoms with Gasteiger partial charge < -0.3 is 15.8 Å². The maximum absolute atomic E-state index is 6.10. The number of rotatable bonds is 5. The van der Waals surface area contributed by atoms with Crippen LogP contribution in [0.2, 0.25) is 0 Å². The fourth-order valence-corrected chi connectivity index (χ4v) is 3.69. The standard InChI is InChI=1S/C18H27N3O/c1-22-12-14-9-5-6-10-16(14)20-18(19)21-17-11-15(17)13-7-3-2-4-8-13/h5-6,9-10,13,15,17H,2-4,7-8,11-12H2,1H3,(H3,19,20,21). The summed E-state index contributed by atoms with van der Waals surface area (Å²) in [5.74, 6) is 2.19. The van der Waals surface area contributed by atoms with Crippen molar-refractivity contribution in [3.05, 3.63) is 29.8 Å². The van der Waals surface area contributed by atoms with Crippen molar-refractivity contribution in [2.45, 2.75) is 51.2 Å². The van der Waals surface area contributed by atoms with Gasteiger partial charge in [0.15, 0.2) is 5.96 Å². The quantitative estimate of drug-likeness (QED) is 0.646. The second kappa shape index (κ2) is 7.14. The van der Waals surface area contributed by atoms with Gasteiger partial charge in [0.25, 0.3) is 0 Å². The minimum absolute atomic E-state index is 0.435. The van der Waals surface area contributed by atoms with Crippen molar-refractivity contribution in [1.29, 1.82) is 0 Å². The number of ether oxygens (including phenoxy) is 1. The van der Waals surface area contributed by atoms with Crippen LogP contribution in [-0.4, -0.2) is 19.1 Å². The fourth-order valence-electron chi connectivity index (χ4n) is 3.69. The normalized spacial score (nSPS) is 26.0. The van der Waals surface area contributed by atoms with Crippen LogP contribution in [0, 0.1) is 11.8 Å². The lowest BCUT2D eigenvalue weighted by molar-refractivity contribution is 0.185. The van der Waals surface area contributed by atoms with Gasteiger partial charge in [-0.3, -0.25) is 0 Å². The van der Waals surface area contributed by atoms with E-state index in [1.54, 1.807) is 7.11 Å². The number of aliphatic imine (C=N–C) groups is 1. The second-order valence-corrected chi connectivity index (χ2v) is 6.59. The first-order valence-corrected chi connectivity index (χ1v) is 8.45. The van der Waals surface area contributed by atoms with Gasteiger partial charge in [-0.2, -0.15) is 0 Å². The number of nitrogens with two attached hydrogens (primary N) is 1. The molecule has 120 valence electrons. The number of benzene rings is 1. The van der Waals surface area contributed by atoms with Gasteiger partial charge in [0, 0.05) is 18.4 Å². The first-order valence-electron chi connectivity index (χ1n) is 8.45. The molecule has 0 radical (unpaired) electrons. The molecule has 0 saturated heterocycles. The molecule has 2 fully saturated rings. The highest BCUT2D eigenvalue weighted by atomic mass is 16.5. The molecular formula is C18H27N3O. The Kier molecular flexibility index (Phi) is 4.98. The van der Waals surface area contributed by atoms with Gasteiger partial charge in [0.1, 0.15) is 0 Å². The largest absolute Gasteiger partial charge is 0.380 e. The van der Waals surface area contributed by atoms with E-state index >= 15 is 0 Å². The van der Waals surface area contributed by atoms with Crippen LogP contribution in [0.1, 0.15) is 44.1 Å². The molecule has 2 aliphatic carbocycles. The Labute approximate surface area is 133 Å². The molecule has 0 aliphatic heterocycles. The summed E-state index contributed by atoms with van der Waals surface area (Å²) >= 11 is 0. The molecule has 1 aromatic rings. The average Bonchev–Trinajstić information content (AvgIpc) is 3.29. The molecule has 3 rings (SSSR count). The van der Waals surface area contributed by atoms with E-state index in [1.165, 1.54) is 38.5 Å². The number of methoxy groups -OCH3 is 1. The smallest absolute Gasteiger partial charge is 0.193 e. The molecule has 2 saturated carbocycles. The van der Waals surface area contributed by atoms with E-state index < -0.39 is 0 Å². The number of nitrogens with zero attached hydrogens (tertiary/aromatic N) is 1. The van der Waals surface area contributed by atoms with Crippen molar-refractivity contribution in [2.24, 2.45) is 22.6 Å². The molecule has 2 aliphatic rings. The first kappa shape index (κ1) is 15.3. The number of guanidine groups is 1. The Morgan fingerprint density at radius 2 is 2.05 bits per heavy atom. The van der Waals surface area contributed by atoms with Crippen molar-refractivity contribution in [3.63, 3.8) is 0 Å². The Morgan fingerprint density at radius 1 is 1.27 bits per heavy atom. The third-order valence-electron chi connectivity index (χ3n) is 4.94. The van der Waals surface area contributed by atoms with E-state index in [0.29, 0.717) is 18.6 Å². The van der Waals surface area contributed by atoms with Crippen LogP contribution >= 0.6 is 0 Å². The van der Waals surface area contributed by atoms with Gasteiger partial charge in [-0.05, 0) is 24.3 Å². The molecule has 4 heteroatoms. The average molecular weight is 301 g/mol. The number of hydrogen-bond acceptors (Lipinski definition) is 2. The van der Waals surface area contributed by atoms with Crippen LogP contribution in [0.15, 0.2) is 29.3 Å². The molecule has 0 spiro atoms. The molecular weight excluding hydrogens is 274 g/mol. The van der Waals surface area contributed by atoms with Crippen LogP contribution in [0.5, 0.6) is 0 Å². The molecule has 2 atom stereocenters. The molecule has 0 amide bonds. The van der Waals surface area contributed by atoms with Crippen molar-refractivity contribution in [3.8, 4) is 0 Å². The molecule has 4 nitrogen and oxygen atoms in total. The summed E-state index contributed by atoms with van der Waals surface area (Å²) in [5.41, 5.74) is 8.19. The lowest BCUT2D eigenvalue weighted by atomic mass is 9.85. The van der Waals surface area contributed by atoms with Crippen molar-refractivity contribution in [2.75, 3.05) is 12.4 Å². The van der Waals surface area contributed by atoms with E-state index in [1.807, 2.05) is 24.3 Å². The highest BCUT2D eigenvalue weighted by Gasteiger charge is 2.43. The van der Waals surface area contributed by atoms with E-state index in [-0.39, 0.29) is 0 Å². The van der Waals surface area contributed by atoms with E-state index in [2.05, 4.69) is 10.3 Å². The van der Waals surface area contributed by atoms with Gasteiger partial charge in [0.05, 0.1) is 12.6 Å². The highest BCUT2D eigenvalue weighted by molar-refractivity contribution is 5.93. The van der Waals surface area contributed by atoms with Gasteiger partial charge >= 0.3 is 0 Å². The number of hydrogen-bond donors (Lipinski definition) is 2. The van der Waals surface area contributed by atoms with Crippen LogP contribution in [0.3, 0.4) is 0 Å². The lowest BCUT2D eigenvalue weighted by Crippen LogP contribution is -2.24. The zero-order valence-electron chi connectivity index (χ0n) is 13.4. The maximum Gasteiger partial charge on any atom is 0.193 e. The molecule has 22 heavy (non-hydrogen) atoms. The minimum atomic E-state index is 0.435. The third-order valence-corrected chi connectivity index (χ3v) is 4.94. The van der Waals surface area contributed by atoms with Crippen LogP contribution < -0.4 is 11.1 Å². The first-order chi connectivity index (χ1) is 10.8. The minimum Gasteiger partial charge on any atom is -0.380 e. The Balaban J connectivity index is 1.57. The lowest BCUT2D eigenvalue weighted by Gasteiger charge is -2.21. The summed E-state index contributed by atoms with van der Waals surface area (Å²) in [7, 11) is 1.70. The molecule has 0 heterocycles. The molecule has 3 N–H and O–H groups in total. The Bertz CT molecular complexity index is 523. The zero-order valence-corrected chi connectivity index (χ0v) is 13.4. The molecule has 1 aromatic carbocycles. The monoisotopic (exact) mass is 301 g/mol. The summed E-state index contributed by atoms with van der Waals surface area (Å²) in [6.45, 7) is 0.574. The Hall–Kier alpha value is -1.55. The fraction of sp³-hybridized carbons (Fsp3) is 0.611. The number of anilines is 1. The van der Waals surface area contributed by atoms with Crippen LogP contribution in [0.4, 0.5) is 5.69 Å².